The summed E-state index contributed by atoms with van der Waals surface area (Å²) in [5.74, 6) is 1.13. The van der Waals surface area contributed by atoms with E-state index in [1.54, 1.807) is 24.7 Å². The number of aromatic amines is 1. The summed E-state index contributed by atoms with van der Waals surface area (Å²) in [6, 6.07) is 9.31. The van der Waals surface area contributed by atoms with Gasteiger partial charge in [0.1, 0.15) is 11.4 Å². The molecule has 0 saturated carbocycles. The molecule has 0 aromatic carbocycles. The van der Waals surface area contributed by atoms with Gasteiger partial charge in [-0.1, -0.05) is 6.07 Å². The van der Waals surface area contributed by atoms with Gasteiger partial charge < -0.3 is 10.1 Å². The molecule has 6 nitrogen and oxygen atoms in total. The lowest BCUT2D eigenvalue weighted by atomic mass is 10.1. The first-order chi connectivity index (χ1) is 10.8. The number of H-pyrrole nitrogens is 1. The Balaban J connectivity index is 1.75. The fraction of sp³-hybridized carbons (Fsp3) is 0. The summed E-state index contributed by atoms with van der Waals surface area (Å²) in [5, 5.41) is 10.0. The first kappa shape index (κ1) is 12.5. The zero-order chi connectivity index (χ0) is 14.9. The number of allylic oxidation sites excluding steroid dienone is 1. The Morgan fingerprint density at radius 3 is 2.82 bits per heavy atom. The molecule has 4 heterocycles. The molecule has 0 radical (unpaired) electrons. The van der Waals surface area contributed by atoms with Gasteiger partial charge in [-0.25, -0.2) is 9.98 Å². The van der Waals surface area contributed by atoms with Crippen LogP contribution in [-0.2, 0) is 0 Å². The molecule has 106 valence electrons. The predicted molar refractivity (Wildman–Crippen MR) is 83.7 cm³/mol. The highest BCUT2D eigenvalue weighted by atomic mass is 16.3. The number of hydrogen-bond acceptors (Lipinski definition) is 5. The normalized spacial score (nSPS) is 14.5. The van der Waals surface area contributed by atoms with Crippen LogP contribution in [0.25, 0.3) is 23.2 Å². The second kappa shape index (κ2) is 4.92. The van der Waals surface area contributed by atoms with Crippen LogP contribution in [0.15, 0.2) is 47.7 Å². The van der Waals surface area contributed by atoms with Crippen molar-refractivity contribution < 1.29 is 5.11 Å². The van der Waals surface area contributed by atoms with Crippen LogP contribution in [0.1, 0.15) is 11.3 Å². The van der Waals surface area contributed by atoms with E-state index in [0.29, 0.717) is 23.0 Å². The van der Waals surface area contributed by atoms with Crippen LogP contribution < -0.4 is 0 Å². The van der Waals surface area contributed by atoms with Gasteiger partial charge in [-0.3, -0.25) is 4.98 Å². The molecule has 1 aliphatic rings. The molecule has 0 unspecified atom stereocenters. The van der Waals surface area contributed by atoms with Crippen molar-refractivity contribution in [2.45, 2.75) is 0 Å². The molecule has 6 heteroatoms. The quantitative estimate of drug-likeness (QED) is 0.759. The van der Waals surface area contributed by atoms with Crippen molar-refractivity contribution in [3.8, 4) is 17.4 Å². The molecule has 0 amide bonds. The Morgan fingerprint density at radius 1 is 1.05 bits per heavy atom. The Hall–Kier alpha value is -3.28. The number of aromatic hydroxyl groups is 1. The molecule has 0 saturated heterocycles. The number of aromatic nitrogens is 4. The number of nitrogens with one attached hydrogen (secondary N) is 1. The molecule has 0 aliphatic carbocycles. The summed E-state index contributed by atoms with van der Waals surface area (Å²) in [5.41, 5.74) is 2.98. The fourth-order valence-corrected chi connectivity index (χ4v) is 2.30. The minimum absolute atomic E-state index is 0.0705. The highest BCUT2D eigenvalue weighted by molar-refractivity contribution is 6.20. The average Bonchev–Trinajstić information content (AvgIpc) is 3.13. The maximum Gasteiger partial charge on any atom is 0.237 e. The van der Waals surface area contributed by atoms with E-state index in [1.807, 2.05) is 30.3 Å². The molecule has 2 N–H and O–H groups in total. The molecule has 3 aromatic rings. The standard InChI is InChI=1S/C16H11N5O/c22-16-13(20-15(21-16)12-5-1-2-6-17-12)8-10-9-19-14-11(10)4-3-7-18-14/h1-9,22H,(H,20,21)/b10-8+. The van der Waals surface area contributed by atoms with E-state index in [4.69, 9.17) is 0 Å². The van der Waals surface area contributed by atoms with Gasteiger partial charge in [0.05, 0.1) is 0 Å². The first-order valence-electron chi connectivity index (χ1n) is 6.73. The molecule has 4 rings (SSSR count). The van der Waals surface area contributed by atoms with Gasteiger partial charge in [0.25, 0.3) is 0 Å². The van der Waals surface area contributed by atoms with Crippen molar-refractivity contribution in [2.24, 2.45) is 4.99 Å². The number of hydrogen-bond donors (Lipinski definition) is 2. The summed E-state index contributed by atoms with van der Waals surface area (Å²) in [4.78, 5) is 19.8. The maximum atomic E-state index is 10.0. The lowest BCUT2D eigenvalue weighted by Gasteiger charge is -1.97. The molecule has 1 aliphatic heterocycles. The number of rotatable bonds is 2. The molecular weight excluding hydrogens is 278 g/mol. The van der Waals surface area contributed by atoms with Crippen molar-refractivity contribution in [1.82, 2.24) is 19.9 Å². The van der Waals surface area contributed by atoms with E-state index < -0.39 is 0 Å². The van der Waals surface area contributed by atoms with Gasteiger partial charge in [0, 0.05) is 29.7 Å². The monoisotopic (exact) mass is 289 g/mol. The van der Waals surface area contributed by atoms with Crippen LogP contribution in [0.2, 0.25) is 0 Å². The van der Waals surface area contributed by atoms with Crippen molar-refractivity contribution in [1.29, 1.82) is 0 Å². The van der Waals surface area contributed by atoms with Gasteiger partial charge >= 0.3 is 0 Å². The third kappa shape index (κ3) is 2.07. The number of nitrogens with zero attached hydrogens (tertiary/aromatic N) is 4. The minimum Gasteiger partial charge on any atom is -0.492 e. The highest BCUT2D eigenvalue weighted by Crippen LogP contribution is 2.31. The van der Waals surface area contributed by atoms with Gasteiger partial charge in [-0.15, -0.1) is 0 Å². The lowest BCUT2D eigenvalue weighted by molar-refractivity contribution is 0.455. The second-order valence-electron chi connectivity index (χ2n) is 4.77. The molecule has 0 spiro atoms. The molecule has 3 aromatic heterocycles. The fourth-order valence-electron chi connectivity index (χ4n) is 2.30. The summed E-state index contributed by atoms with van der Waals surface area (Å²) >= 11 is 0. The van der Waals surface area contributed by atoms with E-state index in [-0.39, 0.29) is 5.88 Å². The van der Waals surface area contributed by atoms with Crippen LogP contribution in [0.5, 0.6) is 5.88 Å². The van der Waals surface area contributed by atoms with E-state index in [9.17, 15) is 5.11 Å². The minimum atomic E-state index is -0.0705. The number of pyridine rings is 2. The summed E-state index contributed by atoms with van der Waals surface area (Å²) in [6.07, 6.45) is 6.90. The second-order valence-corrected chi connectivity index (χ2v) is 4.77. The molecule has 0 bridgehead atoms. The van der Waals surface area contributed by atoms with Crippen molar-refractivity contribution >= 4 is 23.7 Å². The summed E-state index contributed by atoms with van der Waals surface area (Å²) in [6.45, 7) is 0. The van der Waals surface area contributed by atoms with Gasteiger partial charge in [0.2, 0.25) is 5.88 Å². The maximum absolute atomic E-state index is 10.0. The Labute approximate surface area is 126 Å². The zero-order valence-electron chi connectivity index (χ0n) is 11.4. The van der Waals surface area contributed by atoms with E-state index in [1.165, 1.54) is 0 Å². The predicted octanol–water partition coefficient (Wildman–Crippen LogP) is 2.83. The molecular formula is C16H11N5O. The lowest BCUT2D eigenvalue weighted by Crippen LogP contribution is -1.84. The van der Waals surface area contributed by atoms with Crippen LogP contribution in [0, 0.1) is 0 Å². The Bertz CT molecular complexity index is 896. The first-order valence-corrected chi connectivity index (χ1v) is 6.73. The van der Waals surface area contributed by atoms with Crippen LogP contribution in [-0.4, -0.2) is 31.3 Å². The highest BCUT2D eigenvalue weighted by Gasteiger charge is 2.15. The van der Waals surface area contributed by atoms with Crippen LogP contribution in [0.3, 0.4) is 0 Å². The van der Waals surface area contributed by atoms with E-state index in [0.717, 1.165) is 11.1 Å². The Morgan fingerprint density at radius 2 is 1.95 bits per heavy atom. The molecule has 22 heavy (non-hydrogen) atoms. The van der Waals surface area contributed by atoms with Gasteiger partial charge in [-0.2, -0.15) is 4.98 Å². The average molecular weight is 289 g/mol. The number of imidazole rings is 1. The van der Waals surface area contributed by atoms with E-state index >= 15 is 0 Å². The SMILES string of the molecule is Oc1nc(-c2ccccn2)[nH]c1/C=C1\C=Nc2ncccc21. The third-order valence-electron chi connectivity index (χ3n) is 3.34. The topological polar surface area (TPSA) is 87.0 Å². The Kier molecular flexibility index (Phi) is 2.79. The molecule has 0 atom stereocenters. The van der Waals surface area contributed by atoms with Crippen molar-refractivity contribution in [2.75, 3.05) is 0 Å². The summed E-state index contributed by atoms with van der Waals surface area (Å²) < 4.78 is 0. The van der Waals surface area contributed by atoms with Crippen LogP contribution >= 0.6 is 0 Å². The van der Waals surface area contributed by atoms with Crippen molar-refractivity contribution in [3.63, 3.8) is 0 Å². The smallest absolute Gasteiger partial charge is 0.237 e. The van der Waals surface area contributed by atoms with Gasteiger partial charge in [-0.05, 0) is 30.3 Å². The van der Waals surface area contributed by atoms with Crippen molar-refractivity contribution in [3.05, 3.63) is 54.0 Å². The zero-order valence-corrected chi connectivity index (χ0v) is 11.4. The number of fused-ring (bicyclic) bond motifs is 1. The molecule has 0 fully saturated rings. The largest absolute Gasteiger partial charge is 0.492 e. The van der Waals surface area contributed by atoms with Crippen LogP contribution in [0.4, 0.5) is 5.82 Å². The summed E-state index contributed by atoms with van der Waals surface area (Å²) in [7, 11) is 0. The number of aliphatic imine (C=N–C) groups is 1. The van der Waals surface area contributed by atoms with Gasteiger partial charge in [0.15, 0.2) is 11.6 Å². The third-order valence-corrected chi connectivity index (χ3v) is 3.34. The van der Waals surface area contributed by atoms with E-state index in [2.05, 4.69) is 24.9 Å².